The van der Waals surface area contributed by atoms with Crippen LogP contribution in [0.4, 0.5) is 18.9 Å². The van der Waals surface area contributed by atoms with Gasteiger partial charge in [0.2, 0.25) is 11.1 Å². The van der Waals surface area contributed by atoms with Crippen LogP contribution in [-0.4, -0.2) is 27.8 Å². The van der Waals surface area contributed by atoms with E-state index in [2.05, 4.69) is 10.4 Å². The van der Waals surface area contributed by atoms with Gasteiger partial charge in [-0.05, 0) is 56.7 Å². The molecule has 0 fully saturated rings. The van der Waals surface area contributed by atoms with E-state index in [1.807, 2.05) is 0 Å². The molecule has 1 amide bonds. The first kappa shape index (κ1) is 25.0. The van der Waals surface area contributed by atoms with Gasteiger partial charge in [-0.1, -0.05) is 23.7 Å². The molecule has 178 valence electrons. The van der Waals surface area contributed by atoms with Crippen LogP contribution >= 0.6 is 11.6 Å². The number of esters is 1. The molecule has 1 aromatic heterocycles. The van der Waals surface area contributed by atoms with Crippen molar-refractivity contribution in [1.82, 2.24) is 9.78 Å². The van der Waals surface area contributed by atoms with E-state index in [9.17, 15) is 27.6 Å². The number of carbonyl (C=O) groups is 2. The molecule has 0 spiro atoms. The number of nitrogens with zero attached hydrogens (tertiary/aromatic N) is 2. The fourth-order valence-corrected chi connectivity index (χ4v) is 3.17. The summed E-state index contributed by atoms with van der Waals surface area (Å²) < 4.78 is 45.3. The Hall–Kier alpha value is -3.66. The molecule has 0 saturated carbocycles. The number of hydrogen-bond acceptors (Lipinski definition) is 5. The average Bonchev–Trinajstić information content (AvgIpc) is 2.75. The molecule has 0 aliphatic heterocycles. The highest BCUT2D eigenvalue weighted by molar-refractivity contribution is 6.31. The Bertz CT molecular complexity index is 1320. The minimum absolute atomic E-state index is 0.0106. The van der Waals surface area contributed by atoms with Crippen molar-refractivity contribution in [2.75, 3.05) is 5.32 Å². The zero-order valence-electron chi connectivity index (χ0n) is 18.2. The number of alkyl halides is 3. The second-order valence-electron chi connectivity index (χ2n) is 7.45. The molecule has 3 rings (SSSR count). The molecule has 0 saturated heterocycles. The standard InChI is InChI=1S/C23H19ClF3N3O4/c1-12-7-8-16(24)11-18(12)28-21(32)14(3)34-22(33)20-19(31)9-13(2)30(29-20)17-6-4-5-15(10-17)23(25,26)27/h4-11,14H,1-3H3,(H,28,32). The van der Waals surface area contributed by atoms with Crippen molar-refractivity contribution < 1.29 is 27.5 Å². The lowest BCUT2D eigenvalue weighted by Gasteiger charge is -2.16. The van der Waals surface area contributed by atoms with Gasteiger partial charge in [0.25, 0.3) is 5.91 Å². The number of aromatic nitrogens is 2. The third-order valence-corrected chi connectivity index (χ3v) is 5.06. The smallest absolute Gasteiger partial charge is 0.416 e. The third kappa shape index (κ3) is 5.63. The van der Waals surface area contributed by atoms with E-state index >= 15 is 0 Å². The fourth-order valence-electron chi connectivity index (χ4n) is 3.00. The van der Waals surface area contributed by atoms with Gasteiger partial charge in [-0.2, -0.15) is 18.3 Å². The number of ether oxygens (including phenoxy) is 1. The van der Waals surface area contributed by atoms with E-state index in [4.69, 9.17) is 16.3 Å². The lowest BCUT2D eigenvalue weighted by molar-refractivity contribution is -0.137. The molecule has 0 aliphatic carbocycles. The number of amides is 1. The Morgan fingerprint density at radius 3 is 2.50 bits per heavy atom. The van der Waals surface area contributed by atoms with Gasteiger partial charge >= 0.3 is 12.1 Å². The largest absolute Gasteiger partial charge is 0.448 e. The van der Waals surface area contributed by atoms with Crippen LogP contribution in [0, 0.1) is 13.8 Å². The predicted octanol–water partition coefficient (Wildman–Crippen LogP) is 4.71. The number of halogens is 4. The Morgan fingerprint density at radius 2 is 1.82 bits per heavy atom. The van der Waals surface area contributed by atoms with Gasteiger partial charge < -0.3 is 10.1 Å². The van der Waals surface area contributed by atoms with Crippen LogP contribution in [0.25, 0.3) is 5.69 Å². The highest BCUT2D eigenvalue weighted by atomic mass is 35.5. The zero-order valence-corrected chi connectivity index (χ0v) is 19.0. The highest BCUT2D eigenvalue weighted by Crippen LogP contribution is 2.30. The molecular weight excluding hydrogens is 475 g/mol. The first-order chi connectivity index (χ1) is 15.9. The van der Waals surface area contributed by atoms with Crippen LogP contribution in [-0.2, 0) is 15.7 Å². The summed E-state index contributed by atoms with van der Waals surface area (Å²) >= 11 is 5.93. The lowest BCUT2D eigenvalue weighted by Crippen LogP contribution is -2.33. The molecule has 2 aromatic carbocycles. The maximum Gasteiger partial charge on any atom is 0.416 e. The van der Waals surface area contributed by atoms with Gasteiger partial charge in [0.15, 0.2) is 6.10 Å². The number of hydrogen-bond donors (Lipinski definition) is 1. The lowest BCUT2D eigenvalue weighted by atomic mass is 10.2. The monoisotopic (exact) mass is 493 g/mol. The molecular formula is C23H19ClF3N3O4. The van der Waals surface area contributed by atoms with Crippen molar-refractivity contribution in [3.63, 3.8) is 0 Å². The number of benzene rings is 2. The number of carbonyl (C=O) groups excluding carboxylic acids is 2. The topological polar surface area (TPSA) is 90.3 Å². The Balaban J connectivity index is 1.84. The van der Waals surface area contributed by atoms with Crippen LogP contribution in [0.3, 0.4) is 0 Å². The normalized spacial score (nSPS) is 12.2. The minimum Gasteiger partial charge on any atom is -0.448 e. The maximum absolute atomic E-state index is 13.1. The Kier molecular flexibility index (Phi) is 7.11. The van der Waals surface area contributed by atoms with E-state index < -0.39 is 40.8 Å². The Labute approximate surface area is 197 Å². The van der Waals surface area contributed by atoms with E-state index in [1.165, 1.54) is 32.0 Å². The molecule has 0 aliphatic rings. The molecule has 7 nitrogen and oxygen atoms in total. The van der Waals surface area contributed by atoms with Gasteiger partial charge in [0, 0.05) is 22.5 Å². The molecule has 3 aromatic rings. The second-order valence-corrected chi connectivity index (χ2v) is 7.89. The molecule has 0 bridgehead atoms. The summed E-state index contributed by atoms with van der Waals surface area (Å²) in [5.41, 5.74) is -1.07. The maximum atomic E-state index is 13.1. The summed E-state index contributed by atoms with van der Waals surface area (Å²) in [6.45, 7) is 4.49. The summed E-state index contributed by atoms with van der Waals surface area (Å²) in [5.74, 6) is -1.87. The summed E-state index contributed by atoms with van der Waals surface area (Å²) in [4.78, 5) is 37.4. The van der Waals surface area contributed by atoms with Crippen LogP contribution in [0.2, 0.25) is 5.02 Å². The molecule has 34 heavy (non-hydrogen) atoms. The number of aryl methyl sites for hydroxylation is 2. The zero-order chi connectivity index (χ0) is 25.2. The van der Waals surface area contributed by atoms with E-state index in [1.54, 1.807) is 19.1 Å². The summed E-state index contributed by atoms with van der Waals surface area (Å²) in [5, 5.41) is 6.87. The first-order valence-corrected chi connectivity index (χ1v) is 10.3. The highest BCUT2D eigenvalue weighted by Gasteiger charge is 2.31. The predicted molar refractivity (Wildman–Crippen MR) is 119 cm³/mol. The summed E-state index contributed by atoms with van der Waals surface area (Å²) in [6.07, 6.45) is -5.90. The average molecular weight is 494 g/mol. The van der Waals surface area contributed by atoms with Crippen molar-refractivity contribution in [2.45, 2.75) is 33.1 Å². The van der Waals surface area contributed by atoms with Crippen LogP contribution < -0.4 is 10.7 Å². The van der Waals surface area contributed by atoms with E-state index in [0.717, 1.165) is 28.4 Å². The second kappa shape index (κ2) is 9.68. The van der Waals surface area contributed by atoms with Gasteiger partial charge in [0.1, 0.15) is 0 Å². The molecule has 11 heteroatoms. The number of anilines is 1. The third-order valence-electron chi connectivity index (χ3n) is 4.83. The van der Waals surface area contributed by atoms with Gasteiger partial charge in [0.05, 0.1) is 11.3 Å². The fraction of sp³-hybridized carbons (Fsp3) is 0.217. The molecule has 1 unspecified atom stereocenters. The Morgan fingerprint density at radius 1 is 1.12 bits per heavy atom. The molecule has 1 atom stereocenters. The van der Waals surface area contributed by atoms with Crippen molar-refractivity contribution in [2.24, 2.45) is 0 Å². The van der Waals surface area contributed by atoms with Crippen LogP contribution in [0.15, 0.2) is 53.3 Å². The minimum atomic E-state index is -4.59. The van der Waals surface area contributed by atoms with Gasteiger partial charge in [-0.3, -0.25) is 9.59 Å². The van der Waals surface area contributed by atoms with Gasteiger partial charge in [-0.25, -0.2) is 9.48 Å². The number of nitrogens with one attached hydrogen (secondary N) is 1. The quantitative estimate of drug-likeness (QED) is 0.520. The summed E-state index contributed by atoms with van der Waals surface area (Å²) in [6, 6.07) is 10.2. The van der Waals surface area contributed by atoms with E-state index in [0.29, 0.717) is 10.7 Å². The number of rotatable bonds is 5. The van der Waals surface area contributed by atoms with Crippen molar-refractivity contribution in [3.05, 3.63) is 86.3 Å². The van der Waals surface area contributed by atoms with Crippen molar-refractivity contribution in [3.8, 4) is 5.69 Å². The van der Waals surface area contributed by atoms with Crippen molar-refractivity contribution in [1.29, 1.82) is 0 Å². The van der Waals surface area contributed by atoms with Gasteiger partial charge in [-0.15, -0.1) is 0 Å². The first-order valence-electron chi connectivity index (χ1n) is 9.93. The SMILES string of the molecule is Cc1ccc(Cl)cc1NC(=O)C(C)OC(=O)c1nn(-c2cccc(C(F)(F)F)c2)c(C)cc1=O. The van der Waals surface area contributed by atoms with E-state index in [-0.39, 0.29) is 11.4 Å². The van der Waals surface area contributed by atoms with Crippen LogP contribution in [0.1, 0.15) is 34.2 Å². The van der Waals surface area contributed by atoms with Crippen molar-refractivity contribution >= 4 is 29.2 Å². The van der Waals surface area contributed by atoms with Crippen LogP contribution in [0.5, 0.6) is 0 Å². The molecule has 1 N–H and O–H groups in total. The molecule has 0 radical (unpaired) electrons. The summed E-state index contributed by atoms with van der Waals surface area (Å²) in [7, 11) is 0. The molecule has 1 heterocycles.